The number of ether oxygens (including phenoxy) is 1. The number of nitrogens with zero attached hydrogens (tertiary/aromatic N) is 2. The molecule has 1 saturated heterocycles. The fourth-order valence-electron chi connectivity index (χ4n) is 3.28. The van der Waals surface area contributed by atoms with Gasteiger partial charge in [-0.15, -0.1) is 11.3 Å². The van der Waals surface area contributed by atoms with E-state index in [1.165, 1.54) is 4.88 Å². The molecule has 1 aliphatic rings. The number of thiophene rings is 1. The van der Waals surface area contributed by atoms with Crippen LogP contribution in [0.4, 0.5) is 0 Å². The molecule has 26 heavy (non-hydrogen) atoms. The van der Waals surface area contributed by atoms with Crippen molar-refractivity contribution in [3.05, 3.63) is 52.6 Å². The van der Waals surface area contributed by atoms with Crippen LogP contribution in [-0.4, -0.2) is 59.7 Å². The molecule has 7 heteroatoms. The van der Waals surface area contributed by atoms with Gasteiger partial charge >= 0.3 is 0 Å². The third-order valence-corrected chi connectivity index (χ3v) is 5.60. The van der Waals surface area contributed by atoms with Crippen LogP contribution in [-0.2, 0) is 11.2 Å². The van der Waals surface area contributed by atoms with Crippen LogP contribution in [0, 0.1) is 0 Å². The molecule has 1 unspecified atom stereocenters. The van der Waals surface area contributed by atoms with Gasteiger partial charge in [0.1, 0.15) is 5.69 Å². The van der Waals surface area contributed by atoms with E-state index < -0.39 is 0 Å². The van der Waals surface area contributed by atoms with Gasteiger partial charge in [-0.05, 0) is 30.0 Å². The number of carbonyl (C=O) groups is 1. The van der Waals surface area contributed by atoms with Crippen LogP contribution in [0.3, 0.4) is 0 Å². The number of aromatic amines is 1. The van der Waals surface area contributed by atoms with Crippen molar-refractivity contribution in [2.45, 2.75) is 12.5 Å². The van der Waals surface area contributed by atoms with Gasteiger partial charge in [0.2, 0.25) is 0 Å². The normalized spacial score (nSPS) is 18.2. The van der Waals surface area contributed by atoms with Gasteiger partial charge in [0.25, 0.3) is 5.91 Å². The average Bonchev–Trinajstić information content (AvgIpc) is 3.36. The van der Waals surface area contributed by atoms with Gasteiger partial charge in [-0.3, -0.25) is 14.7 Å². The first kappa shape index (κ1) is 17.2. The van der Waals surface area contributed by atoms with Crippen molar-refractivity contribution >= 4 is 28.1 Å². The van der Waals surface area contributed by atoms with Gasteiger partial charge < -0.3 is 15.0 Å². The van der Waals surface area contributed by atoms with E-state index in [0.717, 1.165) is 37.0 Å². The lowest BCUT2D eigenvalue weighted by Gasteiger charge is -2.32. The zero-order chi connectivity index (χ0) is 17.8. The van der Waals surface area contributed by atoms with Gasteiger partial charge in [0.05, 0.1) is 12.7 Å². The Labute approximate surface area is 156 Å². The van der Waals surface area contributed by atoms with Crippen molar-refractivity contribution < 1.29 is 9.53 Å². The highest BCUT2D eigenvalue weighted by Gasteiger charge is 2.21. The van der Waals surface area contributed by atoms with Crippen molar-refractivity contribution in [3.8, 4) is 0 Å². The quantitative estimate of drug-likeness (QED) is 0.699. The zero-order valence-electron chi connectivity index (χ0n) is 14.5. The molecular formula is C19H22N4O2S. The summed E-state index contributed by atoms with van der Waals surface area (Å²) >= 11 is 1.80. The summed E-state index contributed by atoms with van der Waals surface area (Å²) in [6.07, 6.45) is 4.55. The molecule has 1 aliphatic heterocycles. The van der Waals surface area contributed by atoms with Gasteiger partial charge in [-0.2, -0.15) is 0 Å². The number of fused-ring (bicyclic) bond motifs is 1. The summed E-state index contributed by atoms with van der Waals surface area (Å²) in [5, 5.41) is 5.93. The molecule has 3 aromatic rings. The minimum absolute atomic E-state index is 0.0152. The van der Waals surface area contributed by atoms with Gasteiger partial charge in [-0.25, -0.2) is 0 Å². The molecule has 6 nitrogen and oxygen atoms in total. The second kappa shape index (κ2) is 7.99. The number of pyridine rings is 1. The summed E-state index contributed by atoms with van der Waals surface area (Å²) in [5.41, 5.74) is 1.37. The Balaban J connectivity index is 1.29. The maximum Gasteiger partial charge on any atom is 0.270 e. The highest BCUT2D eigenvalue weighted by Crippen LogP contribution is 2.15. The minimum atomic E-state index is -0.158. The Morgan fingerprint density at radius 2 is 2.38 bits per heavy atom. The predicted octanol–water partition coefficient (Wildman–Crippen LogP) is 2.30. The summed E-state index contributed by atoms with van der Waals surface area (Å²) in [5.74, 6) is -0.158. The van der Waals surface area contributed by atoms with Crippen molar-refractivity contribution in [2.24, 2.45) is 0 Å². The molecule has 1 amide bonds. The van der Waals surface area contributed by atoms with E-state index in [1.807, 2.05) is 18.3 Å². The van der Waals surface area contributed by atoms with Gasteiger partial charge in [0.15, 0.2) is 0 Å². The van der Waals surface area contributed by atoms with Gasteiger partial charge in [-0.1, -0.05) is 6.07 Å². The molecule has 0 aliphatic carbocycles. The highest BCUT2D eigenvalue weighted by atomic mass is 32.1. The second-order valence-corrected chi connectivity index (χ2v) is 7.46. The van der Waals surface area contributed by atoms with Crippen molar-refractivity contribution in [1.29, 1.82) is 0 Å². The smallest absolute Gasteiger partial charge is 0.270 e. The first-order valence-corrected chi connectivity index (χ1v) is 9.74. The molecule has 0 bridgehead atoms. The topological polar surface area (TPSA) is 70.2 Å². The predicted molar refractivity (Wildman–Crippen MR) is 103 cm³/mol. The van der Waals surface area contributed by atoms with E-state index >= 15 is 0 Å². The SMILES string of the molecule is O=C(NCC1CN(CCc2cccs2)CCO1)c1nccc2[nH]ccc12. The number of amides is 1. The Kier molecular flexibility index (Phi) is 5.29. The average molecular weight is 370 g/mol. The summed E-state index contributed by atoms with van der Waals surface area (Å²) in [6, 6.07) is 8.01. The Hall–Kier alpha value is -2.22. The standard InChI is InChI=1S/C19H22N4O2S/c24-19(18-16-3-6-20-17(16)4-7-21-18)22-12-14-13-23(9-10-25-14)8-5-15-2-1-11-26-15/h1-4,6-7,11,14,20H,5,8-10,12-13H2,(H,22,24). The van der Waals surface area contributed by atoms with E-state index in [1.54, 1.807) is 17.5 Å². The number of hydrogen-bond donors (Lipinski definition) is 2. The van der Waals surface area contributed by atoms with Crippen molar-refractivity contribution in [3.63, 3.8) is 0 Å². The summed E-state index contributed by atoms with van der Waals surface area (Å²) in [4.78, 5) is 23.7. The van der Waals surface area contributed by atoms with E-state index in [2.05, 4.69) is 37.7 Å². The molecule has 0 aromatic carbocycles. The fraction of sp³-hybridized carbons (Fsp3) is 0.368. The number of nitrogens with one attached hydrogen (secondary N) is 2. The van der Waals surface area contributed by atoms with Crippen LogP contribution < -0.4 is 5.32 Å². The van der Waals surface area contributed by atoms with Crippen molar-refractivity contribution in [2.75, 3.05) is 32.8 Å². The van der Waals surface area contributed by atoms with Crippen LogP contribution in [0.1, 0.15) is 15.4 Å². The Bertz CT molecular complexity index is 861. The lowest BCUT2D eigenvalue weighted by atomic mass is 10.2. The molecule has 0 radical (unpaired) electrons. The Morgan fingerprint density at radius 3 is 3.27 bits per heavy atom. The molecular weight excluding hydrogens is 348 g/mol. The number of H-pyrrole nitrogens is 1. The van der Waals surface area contributed by atoms with Crippen LogP contribution >= 0.6 is 11.3 Å². The van der Waals surface area contributed by atoms with E-state index in [4.69, 9.17) is 4.74 Å². The summed E-state index contributed by atoms with van der Waals surface area (Å²) in [6.45, 7) is 4.01. The molecule has 4 rings (SSSR count). The largest absolute Gasteiger partial charge is 0.374 e. The number of hydrogen-bond acceptors (Lipinski definition) is 5. The zero-order valence-corrected chi connectivity index (χ0v) is 15.3. The van der Waals surface area contributed by atoms with Crippen molar-refractivity contribution in [1.82, 2.24) is 20.2 Å². The molecule has 4 heterocycles. The third-order valence-electron chi connectivity index (χ3n) is 4.66. The molecule has 2 N–H and O–H groups in total. The summed E-state index contributed by atoms with van der Waals surface area (Å²) < 4.78 is 5.82. The van der Waals surface area contributed by atoms with Crippen LogP contribution in [0.15, 0.2) is 42.0 Å². The monoisotopic (exact) mass is 370 g/mol. The number of aromatic nitrogens is 2. The van der Waals surface area contributed by atoms with E-state index in [9.17, 15) is 4.79 Å². The highest BCUT2D eigenvalue weighted by molar-refractivity contribution is 7.09. The lowest BCUT2D eigenvalue weighted by molar-refractivity contribution is -0.0259. The molecule has 1 fully saturated rings. The molecule has 0 saturated carbocycles. The van der Waals surface area contributed by atoms with Crippen LogP contribution in [0.2, 0.25) is 0 Å². The minimum Gasteiger partial charge on any atom is -0.374 e. The Morgan fingerprint density at radius 1 is 1.42 bits per heavy atom. The fourth-order valence-corrected chi connectivity index (χ4v) is 3.98. The van der Waals surface area contributed by atoms with Crippen LogP contribution in [0.5, 0.6) is 0 Å². The first-order valence-electron chi connectivity index (χ1n) is 8.86. The number of rotatable bonds is 6. The lowest BCUT2D eigenvalue weighted by Crippen LogP contribution is -2.48. The van der Waals surface area contributed by atoms with Crippen LogP contribution in [0.25, 0.3) is 10.9 Å². The number of morpholine rings is 1. The van der Waals surface area contributed by atoms with E-state index in [0.29, 0.717) is 18.8 Å². The molecule has 0 spiro atoms. The number of carbonyl (C=O) groups excluding carboxylic acids is 1. The second-order valence-electron chi connectivity index (χ2n) is 6.43. The maximum atomic E-state index is 12.5. The molecule has 3 aromatic heterocycles. The molecule has 1 atom stereocenters. The first-order chi connectivity index (χ1) is 12.8. The van der Waals surface area contributed by atoms with E-state index in [-0.39, 0.29) is 12.0 Å². The molecule has 136 valence electrons. The van der Waals surface area contributed by atoms with Gasteiger partial charge in [0, 0.05) is 54.4 Å². The maximum absolute atomic E-state index is 12.5. The summed E-state index contributed by atoms with van der Waals surface area (Å²) in [7, 11) is 0. The third kappa shape index (κ3) is 3.95.